The lowest BCUT2D eigenvalue weighted by Crippen LogP contribution is -3.15. The molecule has 4 nitrogen and oxygen atoms in total. The minimum absolute atomic E-state index is 0.778. The zero-order chi connectivity index (χ0) is 16.7. The monoisotopic (exact) mass is 343 g/mol. The molecular weight excluding hydrogens is 316 g/mol. The Morgan fingerprint density at radius 3 is 2.92 bits per heavy atom. The lowest BCUT2D eigenvalue weighted by atomic mass is 9.88. The van der Waals surface area contributed by atoms with Crippen LogP contribution in [0.2, 0.25) is 0 Å². The molecule has 0 amide bonds. The number of quaternary nitrogens is 1. The number of aromatic nitrogens is 2. The van der Waals surface area contributed by atoms with Crippen LogP contribution < -0.4 is 9.80 Å². The summed E-state index contributed by atoms with van der Waals surface area (Å²) < 4.78 is 0. The van der Waals surface area contributed by atoms with Crippen molar-refractivity contribution >= 4 is 27.4 Å². The molecule has 2 aromatic heterocycles. The number of nitrogens with one attached hydrogen (secondary N) is 1. The van der Waals surface area contributed by atoms with Crippen LogP contribution in [0.25, 0.3) is 10.2 Å². The number of aryl methyl sites for hydroxylation is 1. The third-order valence-electron chi connectivity index (χ3n) is 5.39. The number of hydrogen-bond acceptors (Lipinski definition) is 4. The highest BCUT2D eigenvalue weighted by Crippen LogP contribution is 2.40. The average Bonchev–Trinajstić information content (AvgIpc) is 2.93. The fourth-order valence-electron chi connectivity index (χ4n) is 4.14. The Balaban J connectivity index is 1.63. The van der Waals surface area contributed by atoms with Gasteiger partial charge in [-0.2, -0.15) is 0 Å². The molecule has 1 aliphatic heterocycles. The van der Waals surface area contributed by atoms with Crippen molar-refractivity contribution in [2.24, 2.45) is 5.92 Å². The predicted molar refractivity (Wildman–Crippen MR) is 101 cm³/mol. The van der Waals surface area contributed by atoms with E-state index in [1.807, 2.05) is 11.3 Å². The molecule has 0 aromatic carbocycles. The quantitative estimate of drug-likeness (QED) is 0.867. The zero-order valence-electron chi connectivity index (χ0n) is 14.8. The van der Waals surface area contributed by atoms with Crippen LogP contribution in [0.1, 0.15) is 30.7 Å². The van der Waals surface area contributed by atoms with Crippen molar-refractivity contribution in [2.75, 3.05) is 37.6 Å². The van der Waals surface area contributed by atoms with E-state index in [1.165, 1.54) is 54.0 Å². The summed E-state index contributed by atoms with van der Waals surface area (Å²) in [6.45, 7) is 14.2. The molecule has 2 aliphatic rings. The summed E-state index contributed by atoms with van der Waals surface area (Å²) in [6, 6.07) is 0. The predicted octanol–water partition coefficient (Wildman–Crippen LogP) is 2.10. The maximum absolute atomic E-state index is 4.72. The van der Waals surface area contributed by atoms with Crippen molar-refractivity contribution in [1.82, 2.24) is 9.97 Å². The average molecular weight is 344 g/mol. The van der Waals surface area contributed by atoms with Crippen LogP contribution in [-0.4, -0.2) is 42.7 Å². The maximum atomic E-state index is 4.72. The van der Waals surface area contributed by atoms with Gasteiger partial charge in [0, 0.05) is 4.88 Å². The maximum Gasteiger partial charge on any atom is 0.141 e. The summed E-state index contributed by atoms with van der Waals surface area (Å²) in [5, 5.41) is 1.35. The van der Waals surface area contributed by atoms with Gasteiger partial charge in [0.15, 0.2) is 0 Å². The summed E-state index contributed by atoms with van der Waals surface area (Å²) in [5.74, 6) is 1.96. The molecular formula is C19H27N4S+. The summed E-state index contributed by atoms with van der Waals surface area (Å²) in [7, 11) is 0. The van der Waals surface area contributed by atoms with Gasteiger partial charge in [-0.15, -0.1) is 11.3 Å². The number of piperazine rings is 1. The highest BCUT2D eigenvalue weighted by Gasteiger charge is 2.27. The van der Waals surface area contributed by atoms with E-state index in [-0.39, 0.29) is 0 Å². The van der Waals surface area contributed by atoms with Crippen LogP contribution in [0.4, 0.5) is 5.82 Å². The number of fused-ring (bicyclic) bond motifs is 3. The lowest BCUT2D eigenvalue weighted by Gasteiger charge is -2.33. The Kier molecular flexibility index (Phi) is 4.31. The molecule has 0 saturated carbocycles. The van der Waals surface area contributed by atoms with Crippen molar-refractivity contribution in [1.29, 1.82) is 0 Å². The third kappa shape index (κ3) is 2.95. The first-order chi connectivity index (χ1) is 11.6. The summed E-state index contributed by atoms with van der Waals surface area (Å²) in [6.07, 6.45) is 5.48. The van der Waals surface area contributed by atoms with Gasteiger partial charge < -0.3 is 9.80 Å². The van der Waals surface area contributed by atoms with E-state index in [0.717, 1.165) is 25.6 Å². The Hall–Kier alpha value is -1.46. The highest BCUT2D eigenvalue weighted by molar-refractivity contribution is 7.19. The first-order valence-corrected chi connectivity index (χ1v) is 9.91. The lowest BCUT2D eigenvalue weighted by molar-refractivity contribution is -0.895. The van der Waals surface area contributed by atoms with Gasteiger partial charge in [-0.05, 0) is 43.2 Å². The SMILES string of the molecule is C=C(C)C[NH+]1CCN(c2ncnc3sc4c(c23)C[C@H](C)CC4)CC1. The Morgan fingerprint density at radius 1 is 1.38 bits per heavy atom. The summed E-state index contributed by atoms with van der Waals surface area (Å²) in [5.41, 5.74) is 2.82. The molecule has 4 rings (SSSR count). The Morgan fingerprint density at radius 2 is 2.17 bits per heavy atom. The molecule has 0 bridgehead atoms. The van der Waals surface area contributed by atoms with Gasteiger partial charge in [-0.3, -0.25) is 0 Å². The first-order valence-electron chi connectivity index (χ1n) is 9.10. The summed E-state index contributed by atoms with van der Waals surface area (Å²) >= 11 is 1.89. The molecule has 3 heterocycles. The molecule has 1 atom stereocenters. The standard InChI is InChI=1S/C19H26N4S/c1-13(2)11-22-6-8-23(9-7-22)18-17-15-10-14(3)4-5-16(15)24-19(17)21-12-20-18/h12,14H,1,4-11H2,2-3H3/p+1/t14-/m1/s1. The van der Waals surface area contributed by atoms with E-state index >= 15 is 0 Å². The second-order valence-electron chi connectivity index (χ2n) is 7.60. The van der Waals surface area contributed by atoms with Crippen LogP contribution >= 0.6 is 11.3 Å². The fraction of sp³-hybridized carbons (Fsp3) is 0.579. The highest BCUT2D eigenvalue weighted by atomic mass is 32.1. The molecule has 0 unspecified atom stereocenters. The van der Waals surface area contributed by atoms with Crippen LogP contribution in [-0.2, 0) is 12.8 Å². The smallest absolute Gasteiger partial charge is 0.141 e. The Labute approximate surface area is 148 Å². The van der Waals surface area contributed by atoms with E-state index in [4.69, 9.17) is 4.98 Å². The van der Waals surface area contributed by atoms with Crippen LogP contribution in [0, 0.1) is 5.92 Å². The topological polar surface area (TPSA) is 33.5 Å². The molecule has 128 valence electrons. The second-order valence-corrected chi connectivity index (χ2v) is 8.68. The van der Waals surface area contributed by atoms with Crippen LogP contribution in [0.15, 0.2) is 18.5 Å². The Bertz CT molecular complexity index is 758. The van der Waals surface area contributed by atoms with Gasteiger partial charge in [0.1, 0.15) is 17.0 Å². The van der Waals surface area contributed by atoms with E-state index < -0.39 is 0 Å². The largest absolute Gasteiger partial charge is 0.345 e. The van der Waals surface area contributed by atoms with Gasteiger partial charge in [0.25, 0.3) is 0 Å². The molecule has 1 fully saturated rings. The van der Waals surface area contributed by atoms with Crippen molar-refractivity contribution in [3.63, 3.8) is 0 Å². The zero-order valence-corrected chi connectivity index (χ0v) is 15.6. The molecule has 1 aliphatic carbocycles. The molecule has 0 radical (unpaired) electrons. The van der Waals surface area contributed by atoms with Crippen molar-refractivity contribution in [2.45, 2.75) is 33.1 Å². The van der Waals surface area contributed by atoms with Crippen molar-refractivity contribution in [3.05, 3.63) is 28.9 Å². The number of nitrogens with zero attached hydrogens (tertiary/aromatic N) is 3. The molecule has 0 spiro atoms. The first kappa shape index (κ1) is 16.0. The van der Waals surface area contributed by atoms with Gasteiger partial charge in [-0.1, -0.05) is 13.5 Å². The number of anilines is 1. The number of thiophene rings is 1. The van der Waals surface area contributed by atoms with E-state index in [2.05, 4.69) is 30.3 Å². The molecule has 1 saturated heterocycles. The molecule has 5 heteroatoms. The normalized spacial score (nSPS) is 21.9. The molecule has 24 heavy (non-hydrogen) atoms. The van der Waals surface area contributed by atoms with E-state index in [0.29, 0.717) is 0 Å². The minimum Gasteiger partial charge on any atom is -0.345 e. The summed E-state index contributed by atoms with van der Waals surface area (Å²) in [4.78, 5) is 16.2. The van der Waals surface area contributed by atoms with Crippen LogP contribution in [0.5, 0.6) is 0 Å². The fourth-order valence-corrected chi connectivity index (χ4v) is 5.32. The molecule has 1 N–H and O–H groups in total. The number of rotatable bonds is 3. The minimum atomic E-state index is 0.778. The van der Waals surface area contributed by atoms with Gasteiger partial charge in [0.2, 0.25) is 0 Å². The van der Waals surface area contributed by atoms with Crippen LogP contribution in [0.3, 0.4) is 0 Å². The number of hydrogen-bond donors (Lipinski definition) is 1. The van der Waals surface area contributed by atoms with Crippen molar-refractivity contribution < 1.29 is 4.90 Å². The molecule has 2 aromatic rings. The van der Waals surface area contributed by atoms with Crippen molar-refractivity contribution in [3.8, 4) is 0 Å². The second kappa shape index (κ2) is 6.45. The van der Waals surface area contributed by atoms with E-state index in [1.54, 1.807) is 21.7 Å². The van der Waals surface area contributed by atoms with Gasteiger partial charge >= 0.3 is 0 Å². The van der Waals surface area contributed by atoms with E-state index in [9.17, 15) is 0 Å². The van der Waals surface area contributed by atoms with Gasteiger partial charge in [0.05, 0.1) is 38.1 Å². The van der Waals surface area contributed by atoms with Gasteiger partial charge in [-0.25, -0.2) is 9.97 Å². The third-order valence-corrected chi connectivity index (χ3v) is 6.59.